The van der Waals surface area contributed by atoms with E-state index in [4.69, 9.17) is 20.9 Å². The summed E-state index contributed by atoms with van der Waals surface area (Å²) in [6.07, 6.45) is 0. The molecule has 0 atom stereocenters. The number of imide groups is 1. The van der Waals surface area contributed by atoms with Crippen molar-refractivity contribution in [3.8, 4) is 11.5 Å². The Morgan fingerprint density at radius 3 is 2.65 bits per heavy atom. The number of methoxy groups -OCH3 is 1. The molecule has 0 aromatic heterocycles. The van der Waals surface area contributed by atoms with E-state index < -0.39 is 11.9 Å². The van der Waals surface area contributed by atoms with E-state index in [9.17, 15) is 9.59 Å². The van der Waals surface area contributed by atoms with Crippen molar-refractivity contribution < 1.29 is 19.1 Å². The number of nitrogens with two attached hydrogens (primary N) is 2. The van der Waals surface area contributed by atoms with Crippen molar-refractivity contribution in [2.45, 2.75) is 0 Å². The molecule has 0 bridgehead atoms. The summed E-state index contributed by atoms with van der Waals surface area (Å²) < 4.78 is 10.2. The number of rotatable bonds is 4. The molecule has 0 aliphatic rings. The lowest BCUT2D eigenvalue weighted by Gasteiger charge is -2.10. The second-order valence-corrected chi connectivity index (χ2v) is 3.11. The topological polar surface area (TPSA) is 117 Å². The van der Waals surface area contributed by atoms with Gasteiger partial charge in [-0.2, -0.15) is 0 Å². The van der Waals surface area contributed by atoms with Gasteiger partial charge in [-0.25, -0.2) is 4.79 Å². The molecule has 0 aliphatic heterocycles. The molecule has 0 aliphatic carbocycles. The fourth-order valence-corrected chi connectivity index (χ4v) is 1.12. The summed E-state index contributed by atoms with van der Waals surface area (Å²) in [7, 11) is 1.45. The molecule has 92 valence electrons. The number of carbonyl (C=O) groups is 2. The van der Waals surface area contributed by atoms with Gasteiger partial charge in [0.1, 0.15) is 0 Å². The van der Waals surface area contributed by atoms with E-state index in [2.05, 4.69) is 0 Å². The van der Waals surface area contributed by atoms with E-state index in [1.165, 1.54) is 7.11 Å². The van der Waals surface area contributed by atoms with Crippen molar-refractivity contribution in [1.82, 2.24) is 5.32 Å². The number of carbonyl (C=O) groups excluding carboxylic acids is 2. The summed E-state index contributed by atoms with van der Waals surface area (Å²) in [6.45, 7) is -0.344. The van der Waals surface area contributed by atoms with Gasteiger partial charge in [-0.1, -0.05) is 0 Å². The SMILES string of the molecule is COc1cc(N)ccc1OCC(=O)NC(N)=O. The maximum absolute atomic E-state index is 11.1. The number of nitrogens with one attached hydrogen (secondary N) is 1. The molecule has 1 aromatic rings. The first kappa shape index (κ1) is 12.6. The smallest absolute Gasteiger partial charge is 0.318 e. The van der Waals surface area contributed by atoms with Crippen LogP contribution in [0, 0.1) is 0 Å². The van der Waals surface area contributed by atoms with Crippen LogP contribution in [0.4, 0.5) is 10.5 Å². The lowest BCUT2D eigenvalue weighted by atomic mass is 10.3. The molecule has 7 heteroatoms. The molecule has 1 aromatic carbocycles. The summed E-state index contributed by atoms with van der Waals surface area (Å²) in [5, 5.41) is 1.87. The van der Waals surface area contributed by atoms with Gasteiger partial charge in [-0.15, -0.1) is 0 Å². The van der Waals surface area contributed by atoms with Crippen LogP contribution in [0.3, 0.4) is 0 Å². The highest BCUT2D eigenvalue weighted by molar-refractivity contribution is 5.94. The first-order valence-electron chi connectivity index (χ1n) is 4.68. The van der Waals surface area contributed by atoms with Gasteiger partial charge in [0.05, 0.1) is 7.11 Å². The van der Waals surface area contributed by atoms with Gasteiger partial charge in [-0.05, 0) is 12.1 Å². The predicted octanol–water partition coefficient (Wildman–Crippen LogP) is -0.149. The summed E-state index contributed by atoms with van der Waals surface area (Å²) in [5.74, 6) is 0.106. The van der Waals surface area contributed by atoms with Gasteiger partial charge >= 0.3 is 6.03 Å². The highest BCUT2D eigenvalue weighted by atomic mass is 16.5. The molecule has 0 fully saturated rings. The third-order valence-electron chi connectivity index (χ3n) is 1.81. The van der Waals surface area contributed by atoms with Crippen LogP contribution in [-0.2, 0) is 4.79 Å². The highest BCUT2D eigenvalue weighted by Gasteiger charge is 2.08. The first-order chi connectivity index (χ1) is 8.02. The zero-order valence-electron chi connectivity index (χ0n) is 9.23. The zero-order valence-corrected chi connectivity index (χ0v) is 9.23. The quantitative estimate of drug-likeness (QED) is 0.632. The molecule has 0 saturated heterocycles. The lowest BCUT2D eigenvalue weighted by molar-refractivity contribution is -0.121. The van der Waals surface area contributed by atoms with Crippen molar-refractivity contribution in [2.75, 3.05) is 19.5 Å². The number of ether oxygens (including phenoxy) is 2. The molecule has 0 saturated carbocycles. The summed E-state index contributed by atoms with van der Waals surface area (Å²) in [5.41, 5.74) is 10.8. The minimum atomic E-state index is -0.928. The Bertz CT molecular complexity index is 434. The molecule has 0 unspecified atom stereocenters. The lowest BCUT2D eigenvalue weighted by Crippen LogP contribution is -2.38. The average molecular weight is 239 g/mol. The standard InChI is InChI=1S/C10H13N3O4/c1-16-8-4-6(11)2-3-7(8)17-5-9(14)13-10(12)15/h2-4H,5,11H2,1H3,(H3,12,13,14,15). The number of anilines is 1. The van der Waals surface area contributed by atoms with E-state index in [0.717, 1.165) is 0 Å². The fourth-order valence-electron chi connectivity index (χ4n) is 1.12. The molecular formula is C10H13N3O4. The van der Waals surface area contributed by atoms with E-state index >= 15 is 0 Å². The van der Waals surface area contributed by atoms with Crippen LogP contribution in [0.1, 0.15) is 0 Å². The molecule has 0 radical (unpaired) electrons. The van der Waals surface area contributed by atoms with E-state index in [1.54, 1.807) is 18.2 Å². The summed E-state index contributed by atoms with van der Waals surface area (Å²) in [6, 6.07) is 3.79. The Morgan fingerprint density at radius 2 is 2.06 bits per heavy atom. The highest BCUT2D eigenvalue weighted by Crippen LogP contribution is 2.28. The molecule has 0 spiro atoms. The third-order valence-corrected chi connectivity index (χ3v) is 1.81. The molecule has 3 amide bonds. The minimum absolute atomic E-state index is 0.344. The molecular weight excluding hydrogens is 226 g/mol. The number of amides is 3. The number of hydrogen-bond acceptors (Lipinski definition) is 5. The van der Waals surface area contributed by atoms with E-state index in [-0.39, 0.29) is 6.61 Å². The first-order valence-corrected chi connectivity index (χ1v) is 4.68. The predicted molar refractivity (Wildman–Crippen MR) is 60.6 cm³/mol. The van der Waals surface area contributed by atoms with Crippen LogP contribution >= 0.6 is 0 Å². The largest absolute Gasteiger partial charge is 0.493 e. The van der Waals surface area contributed by atoms with Crippen LogP contribution in [0.15, 0.2) is 18.2 Å². The van der Waals surface area contributed by atoms with Crippen molar-refractivity contribution in [3.63, 3.8) is 0 Å². The number of primary amides is 1. The van der Waals surface area contributed by atoms with Gasteiger partial charge in [0.25, 0.3) is 5.91 Å². The van der Waals surface area contributed by atoms with Gasteiger partial charge in [0.2, 0.25) is 0 Å². The van der Waals surface area contributed by atoms with Crippen LogP contribution in [-0.4, -0.2) is 25.7 Å². The van der Waals surface area contributed by atoms with Crippen LogP contribution in [0.2, 0.25) is 0 Å². The maximum atomic E-state index is 11.1. The fraction of sp³-hybridized carbons (Fsp3) is 0.200. The minimum Gasteiger partial charge on any atom is -0.493 e. The van der Waals surface area contributed by atoms with Crippen molar-refractivity contribution in [2.24, 2.45) is 5.73 Å². The van der Waals surface area contributed by atoms with Gasteiger partial charge in [-0.3, -0.25) is 10.1 Å². The van der Waals surface area contributed by atoms with Gasteiger partial charge < -0.3 is 20.9 Å². The monoisotopic (exact) mass is 239 g/mol. The Balaban J connectivity index is 2.63. The van der Waals surface area contributed by atoms with Crippen LogP contribution < -0.4 is 26.3 Å². The second-order valence-electron chi connectivity index (χ2n) is 3.11. The Hall–Kier alpha value is -2.44. The number of urea groups is 1. The third kappa shape index (κ3) is 3.90. The zero-order chi connectivity index (χ0) is 12.8. The molecule has 5 N–H and O–H groups in total. The Labute approximate surface area is 97.7 Å². The molecule has 1 rings (SSSR count). The van der Waals surface area contributed by atoms with Crippen molar-refractivity contribution in [3.05, 3.63) is 18.2 Å². The van der Waals surface area contributed by atoms with Crippen LogP contribution in [0.25, 0.3) is 0 Å². The van der Waals surface area contributed by atoms with Crippen LogP contribution in [0.5, 0.6) is 11.5 Å². The maximum Gasteiger partial charge on any atom is 0.318 e. The molecule has 7 nitrogen and oxygen atoms in total. The summed E-state index contributed by atoms with van der Waals surface area (Å²) in [4.78, 5) is 21.5. The average Bonchev–Trinajstić information content (AvgIpc) is 2.26. The van der Waals surface area contributed by atoms with E-state index in [0.29, 0.717) is 17.2 Å². The number of nitrogen functional groups attached to an aromatic ring is 1. The molecule has 0 heterocycles. The van der Waals surface area contributed by atoms with Gasteiger partial charge in [0.15, 0.2) is 18.1 Å². The Morgan fingerprint density at radius 1 is 1.35 bits per heavy atom. The normalized spacial score (nSPS) is 9.47. The summed E-state index contributed by atoms with van der Waals surface area (Å²) >= 11 is 0. The number of hydrogen-bond donors (Lipinski definition) is 3. The van der Waals surface area contributed by atoms with Crippen molar-refractivity contribution >= 4 is 17.6 Å². The number of benzene rings is 1. The van der Waals surface area contributed by atoms with Gasteiger partial charge in [0, 0.05) is 11.8 Å². The second kappa shape index (κ2) is 5.59. The molecule has 17 heavy (non-hydrogen) atoms. The van der Waals surface area contributed by atoms with Crippen molar-refractivity contribution in [1.29, 1.82) is 0 Å². The Kier molecular flexibility index (Phi) is 4.15. The van der Waals surface area contributed by atoms with E-state index in [1.807, 2.05) is 5.32 Å².